The third-order valence-corrected chi connectivity index (χ3v) is 4.14. The van der Waals surface area contributed by atoms with Crippen LogP contribution in [0, 0.1) is 0 Å². The molecule has 3 heterocycles. The molecule has 0 radical (unpaired) electrons. The van der Waals surface area contributed by atoms with Crippen molar-refractivity contribution in [3.8, 4) is 5.88 Å². The fourth-order valence-corrected chi connectivity index (χ4v) is 2.84. The van der Waals surface area contributed by atoms with E-state index >= 15 is 0 Å². The molecule has 0 bridgehead atoms. The van der Waals surface area contributed by atoms with E-state index in [0.717, 1.165) is 12.3 Å². The summed E-state index contributed by atoms with van der Waals surface area (Å²) in [5.41, 5.74) is -0.855. The Balaban J connectivity index is 1.70. The van der Waals surface area contributed by atoms with Crippen LogP contribution in [0.2, 0.25) is 5.02 Å². The second-order valence-corrected chi connectivity index (χ2v) is 5.83. The zero-order valence-corrected chi connectivity index (χ0v) is 14.0. The molecule has 1 fully saturated rings. The molecule has 0 amide bonds. The van der Waals surface area contributed by atoms with Crippen molar-refractivity contribution in [2.75, 3.05) is 43.1 Å². The minimum absolute atomic E-state index is 0.00977. The van der Waals surface area contributed by atoms with Crippen LogP contribution in [0.15, 0.2) is 24.7 Å². The van der Waals surface area contributed by atoms with Gasteiger partial charge in [0.1, 0.15) is 5.82 Å². The first kappa shape index (κ1) is 17.5. The Bertz CT molecular complexity index is 750. The molecule has 1 aliphatic rings. The van der Waals surface area contributed by atoms with Crippen molar-refractivity contribution in [3.63, 3.8) is 0 Å². The van der Waals surface area contributed by atoms with Crippen LogP contribution in [0.5, 0.6) is 5.88 Å². The van der Waals surface area contributed by atoms with E-state index in [0.29, 0.717) is 43.7 Å². The number of methoxy groups -OCH3 is 1. The number of aromatic nitrogens is 3. The van der Waals surface area contributed by atoms with Gasteiger partial charge in [-0.25, -0.2) is 4.98 Å². The van der Waals surface area contributed by atoms with Crippen LogP contribution in [-0.2, 0) is 6.18 Å². The number of alkyl halides is 3. The maximum absolute atomic E-state index is 12.7. The van der Waals surface area contributed by atoms with E-state index in [4.69, 9.17) is 16.3 Å². The lowest BCUT2D eigenvalue weighted by Crippen LogP contribution is -2.47. The van der Waals surface area contributed by atoms with E-state index in [-0.39, 0.29) is 5.02 Å². The summed E-state index contributed by atoms with van der Waals surface area (Å²) in [6.07, 6.45) is -0.493. The Labute approximate surface area is 147 Å². The maximum atomic E-state index is 12.7. The number of piperazine rings is 1. The van der Waals surface area contributed by atoms with Gasteiger partial charge in [-0.05, 0) is 6.07 Å². The Morgan fingerprint density at radius 2 is 1.76 bits per heavy atom. The van der Waals surface area contributed by atoms with Gasteiger partial charge in [-0.15, -0.1) is 0 Å². The maximum Gasteiger partial charge on any atom is 0.417 e. The molecule has 25 heavy (non-hydrogen) atoms. The molecule has 1 saturated heterocycles. The van der Waals surface area contributed by atoms with Gasteiger partial charge in [-0.1, -0.05) is 11.6 Å². The van der Waals surface area contributed by atoms with E-state index < -0.39 is 11.7 Å². The van der Waals surface area contributed by atoms with Crippen LogP contribution in [0.3, 0.4) is 0 Å². The molecule has 2 aromatic rings. The molecule has 0 N–H and O–H groups in total. The Morgan fingerprint density at radius 1 is 1.08 bits per heavy atom. The smallest absolute Gasteiger partial charge is 0.417 e. The Kier molecular flexibility index (Phi) is 4.85. The lowest BCUT2D eigenvalue weighted by Gasteiger charge is -2.36. The quantitative estimate of drug-likeness (QED) is 0.824. The highest BCUT2D eigenvalue weighted by atomic mass is 35.5. The third-order valence-electron chi connectivity index (χ3n) is 3.86. The SMILES string of the molecule is COc1cncc(N2CCN(c3ncc(C(F)(F)F)cc3Cl)CC2)n1. The van der Waals surface area contributed by atoms with E-state index in [1.807, 2.05) is 9.80 Å². The van der Waals surface area contributed by atoms with E-state index in [1.54, 1.807) is 6.20 Å². The van der Waals surface area contributed by atoms with Crippen LogP contribution < -0.4 is 14.5 Å². The minimum atomic E-state index is -4.46. The topological polar surface area (TPSA) is 54.4 Å². The Hall–Kier alpha value is -2.29. The summed E-state index contributed by atoms with van der Waals surface area (Å²) in [5, 5.41) is -0.00977. The highest BCUT2D eigenvalue weighted by Gasteiger charge is 2.32. The molecular weight excluding hydrogens is 359 g/mol. The average Bonchev–Trinajstić information content (AvgIpc) is 2.61. The molecule has 0 atom stereocenters. The lowest BCUT2D eigenvalue weighted by atomic mass is 10.2. The van der Waals surface area contributed by atoms with Crippen LogP contribution in [0.4, 0.5) is 24.8 Å². The summed E-state index contributed by atoms with van der Waals surface area (Å²) < 4.78 is 43.2. The summed E-state index contributed by atoms with van der Waals surface area (Å²) in [5.74, 6) is 1.46. The van der Waals surface area contributed by atoms with Crippen LogP contribution in [-0.4, -0.2) is 48.2 Å². The van der Waals surface area contributed by atoms with Crippen LogP contribution >= 0.6 is 11.6 Å². The number of halogens is 4. The molecule has 3 rings (SSSR count). The van der Waals surface area contributed by atoms with E-state index in [9.17, 15) is 13.2 Å². The molecule has 0 unspecified atom stereocenters. The summed E-state index contributed by atoms with van der Waals surface area (Å²) >= 11 is 6.01. The highest BCUT2D eigenvalue weighted by Crippen LogP contribution is 2.33. The van der Waals surface area contributed by atoms with Crippen LogP contribution in [0.1, 0.15) is 5.56 Å². The molecule has 2 aromatic heterocycles. The Morgan fingerprint density at radius 3 is 2.36 bits per heavy atom. The standard InChI is InChI=1S/C15H15ClF3N5O/c1-25-13-9-20-8-12(22-13)23-2-4-24(5-3-23)14-11(16)6-10(7-21-14)15(17,18)19/h6-9H,2-5H2,1H3. The number of hydrogen-bond donors (Lipinski definition) is 0. The predicted octanol–water partition coefficient (Wildman–Crippen LogP) is 2.88. The molecule has 0 aromatic carbocycles. The van der Waals surface area contributed by atoms with Gasteiger partial charge in [0.15, 0.2) is 5.82 Å². The third kappa shape index (κ3) is 3.87. The number of rotatable bonds is 3. The van der Waals surface area contributed by atoms with Gasteiger partial charge in [0.05, 0.1) is 30.1 Å². The van der Waals surface area contributed by atoms with Gasteiger partial charge in [-0.2, -0.15) is 18.2 Å². The molecule has 0 aliphatic carbocycles. The summed E-state index contributed by atoms with van der Waals surface area (Å²) in [4.78, 5) is 16.2. The normalized spacial score (nSPS) is 15.4. The van der Waals surface area contributed by atoms with Crippen molar-refractivity contribution < 1.29 is 17.9 Å². The monoisotopic (exact) mass is 373 g/mol. The number of ether oxygens (including phenoxy) is 1. The highest BCUT2D eigenvalue weighted by molar-refractivity contribution is 6.33. The van der Waals surface area contributed by atoms with Crippen molar-refractivity contribution in [2.24, 2.45) is 0 Å². The molecule has 0 spiro atoms. The second-order valence-electron chi connectivity index (χ2n) is 5.42. The fourth-order valence-electron chi connectivity index (χ4n) is 2.55. The molecular formula is C15H15ClF3N5O. The second kappa shape index (κ2) is 6.91. The summed E-state index contributed by atoms with van der Waals surface area (Å²) in [6, 6.07) is 0.907. The largest absolute Gasteiger partial charge is 0.480 e. The zero-order chi connectivity index (χ0) is 18.0. The lowest BCUT2D eigenvalue weighted by molar-refractivity contribution is -0.137. The number of nitrogens with zero attached hydrogens (tertiary/aromatic N) is 5. The average molecular weight is 374 g/mol. The first-order valence-electron chi connectivity index (χ1n) is 7.47. The van der Waals surface area contributed by atoms with Crippen molar-refractivity contribution in [3.05, 3.63) is 35.2 Å². The van der Waals surface area contributed by atoms with E-state index in [1.165, 1.54) is 13.3 Å². The molecule has 6 nitrogen and oxygen atoms in total. The number of pyridine rings is 1. The number of anilines is 2. The predicted molar refractivity (Wildman–Crippen MR) is 87.3 cm³/mol. The zero-order valence-electron chi connectivity index (χ0n) is 13.3. The molecule has 10 heteroatoms. The summed E-state index contributed by atoms with van der Waals surface area (Å²) in [6.45, 7) is 2.33. The van der Waals surface area contributed by atoms with Gasteiger partial charge in [0, 0.05) is 32.4 Å². The number of hydrogen-bond acceptors (Lipinski definition) is 6. The van der Waals surface area contributed by atoms with Crippen molar-refractivity contribution in [1.29, 1.82) is 0 Å². The molecule has 1 aliphatic heterocycles. The summed E-state index contributed by atoms with van der Waals surface area (Å²) in [7, 11) is 1.52. The van der Waals surface area contributed by atoms with E-state index in [2.05, 4.69) is 15.0 Å². The van der Waals surface area contributed by atoms with Crippen molar-refractivity contribution in [2.45, 2.75) is 6.18 Å². The molecule has 0 saturated carbocycles. The van der Waals surface area contributed by atoms with Gasteiger partial charge in [-0.3, -0.25) is 4.98 Å². The molecule has 134 valence electrons. The van der Waals surface area contributed by atoms with Gasteiger partial charge < -0.3 is 14.5 Å². The van der Waals surface area contributed by atoms with Gasteiger partial charge >= 0.3 is 6.18 Å². The van der Waals surface area contributed by atoms with Crippen molar-refractivity contribution in [1.82, 2.24) is 15.0 Å². The first-order chi connectivity index (χ1) is 11.9. The minimum Gasteiger partial charge on any atom is -0.480 e. The fraction of sp³-hybridized carbons (Fsp3) is 0.400. The first-order valence-corrected chi connectivity index (χ1v) is 7.85. The van der Waals surface area contributed by atoms with Gasteiger partial charge in [0.2, 0.25) is 5.88 Å². The van der Waals surface area contributed by atoms with Crippen molar-refractivity contribution >= 4 is 23.2 Å². The van der Waals surface area contributed by atoms with Crippen LogP contribution in [0.25, 0.3) is 0 Å². The van der Waals surface area contributed by atoms with Gasteiger partial charge in [0.25, 0.3) is 0 Å².